The highest BCUT2D eigenvalue weighted by molar-refractivity contribution is 5.72. The molecule has 0 unspecified atom stereocenters. The van der Waals surface area contributed by atoms with Crippen molar-refractivity contribution in [3.05, 3.63) is 58.1 Å². The normalized spacial score (nSPS) is 11.0. The minimum Gasteiger partial charge on any atom is -0.424 e. The van der Waals surface area contributed by atoms with Crippen molar-refractivity contribution in [3.8, 4) is 0 Å². The molecule has 0 bridgehead atoms. The number of aromatic nitrogens is 3. The lowest BCUT2D eigenvalue weighted by Gasteiger charge is -2.02. The highest BCUT2D eigenvalue weighted by Crippen LogP contribution is 2.11. The number of hydrogen-bond donors (Lipinski definition) is 1. The van der Waals surface area contributed by atoms with Crippen LogP contribution in [-0.4, -0.2) is 20.1 Å². The molecule has 0 radical (unpaired) electrons. The Morgan fingerprint density at radius 1 is 1.26 bits per heavy atom. The van der Waals surface area contributed by atoms with Crippen molar-refractivity contribution in [1.82, 2.24) is 15.0 Å². The van der Waals surface area contributed by atoms with E-state index >= 15 is 0 Å². The molecule has 3 rings (SSSR count). The molecule has 3 aromatic rings. The fraction of sp³-hybridized carbons (Fsp3) is 0.154. The highest BCUT2D eigenvalue weighted by Gasteiger charge is 2.11. The summed E-state index contributed by atoms with van der Waals surface area (Å²) in [6.07, 6.45) is 0. The van der Waals surface area contributed by atoms with Crippen LogP contribution in [0.1, 0.15) is 11.3 Å². The second-order valence-corrected chi connectivity index (χ2v) is 4.12. The molecule has 1 N–H and O–H groups in total. The van der Waals surface area contributed by atoms with Gasteiger partial charge in [-0.15, -0.1) is 5.10 Å². The quantitative estimate of drug-likeness (QED) is 0.754. The van der Waals surface area contributed by atoms with Crippen molar-refractivity contribution in [2.75, 3.05) is 0 Å². The molecule has 0 spiro atoms. The Balaban J connectivity index is 2.10. The van der Waals surface area contributed by atoms with Crippen LogP contribution in [0, 0.1) is 0 Å². The Hall–Kier alpha value is -2.47. The van der Waals surface area contributed by atoms with Crippen LogP contribution < -0.4 is 5.63 Å². The highest BCUT2D eigenvalue weighted by atomic mass is 16.4. The SMILES string of the molecule is O=c1oc(CO)cc2c1nnn2Cc1ccccc1. The fourth-order valence-electron chi connectivity index (χ4n) is 1.91. The van der Waals surface area contributed by atoms with Gasteiger partial charge in [0.1, 0.15) is 17.9 Å². The van der Waals surface area contributed by atoms with Crippen LogP contribution in [0.3, 0.4) is 0 Å². The van der Waals surface area contributed by atoms with Crippen molar-refractivity contribution in [1.29, 1.82) is 0 Å². The summed E-state index contributed by atoms with van der Waals surface area (Å²) in [4.78, 5) is 11.6. The summed E-state index contributed by atoms with van der Waals surface area (Å²) in [6, 6.07) is 11.3. The average Bonchev–Trinajstić information content (AvgIpc) is 2.83. The van der Waals surface area contributed by atoms with Gasteiger partial charge in [-0.2, -0.15) is 0 Å². The minimum atomic E-state index is -0.583. The van der Waals surface area contributed by atoms with Gasteiger partial charge in [0.25, 0.3) is 0 Å². The third-order valence-electron chi connectivity index (χ3n) is 2.82. The molecular weight excluding hydrogens is 246 g/mol. The number of rotatable bonds is 3. The monoisotopic (exact) mass is 257 g/mol. The number of benzene rings is 1. The summed E-state index contributed by atoms with van der Waals surface area (Å²) in [7, 11) is 0. The van der Waals surface area contributed by atoms with Gasteiger partial charge in [-0.25, -0.2) is 9.48 Å². The van der Waals surface area contributed by atoms with Crippen LogP contribution in [0.15, 0.2) is 45.6 Å². The second-order valence-electron chi connectivity index (χ2n) is 4.12. The first-order chi connectivity index (χ1) is 9.28. The lowest BCUT2D eigenvalue weighted by molar-refractivity contribution is 0.241. The Kier molecular flexibility index (Phi) is 2.85. The summed E-state index contributed by atoms with van der Waals surface area (Å²) in [5.41, 5.74) is 1.20. The molecule has 0 saturated carbocycles. The van der Waals surface area contributed by atoms with Gasteiger partial charge >= 0.3 is 5.63 Å². The fourth-order valence-corrected chi connectivity index (χ4v) is 1.91. The van der Waals surface area contributed by atoms with Gasteiger partial charge in [-0.3, -0.25) is 0 Å². The zero-order chi connectivity index (χ0) is 13.2. The van der Waals surface area contributed by atoms with Crippen LogP contribution in [0.5, 0.6) is 0 Å². The van der Waals surface area contributed by atoms with Crippen LogP contribution >= 0.6 is 0 Å². The van der Waals surface area contributed by atoms with E-state index < -0.39 is 5.63 Å². The van der Waals surface area contributed by atoms with Gasteiger partial charge in [-0.1, -0.05) is 35.5 Å². The predicted octanol–water partition coefficient (Wildman–Crippen LogP) is 0.925. The van der Waals surface area contributed by atoms with E-state index in [1.807, 2.05) is 30.3 Å². The largest absolute Gasteiger partial charge is 0.424 e. The summed E-state index contributed by atoms with van der Waals surface area (Å²) in [5, 5.41) is 16.8. The molecule has 1 aromatic carbocycles. The van der Waals surface area contributed by atoms with Crippen molar-refractivity contribution in [2.45, 2.75) is 13.2 Å². The molecule has 0 aliphatic rings. The molecule has 6 heteroatoms. The first kappa shape index (κ1) is 11.6. The third kappa shape index (κ3) is 2.13. The molecule has 19 heavy (non-hydrogen) atoms. The Morgan fingerprint density at radius 3 is 2.79 bits per heavy atom. The maximum absolute atomic E-state index is 11.6. The van der Waals surface area contributed by atoms with E-state index in [9.17, 15) is 4.79 Å². The van der Waals surface area contributed by atoms with E-state index in [4.69, 9.17) is 9.52 Å². The Labute approximate surface area is 107 Å². The Bertz CT molecular complexity index is 762. The van der Waals surface area contributed by atoms with Gasteiger partial charge in [0, 0.05) is 6.07 Å². The van der Waals surface area contributed by atoms with Crippen LogP contribution in [0.25, 0.3) is 11.0 Å². The molecular formula is C13H11N3O3. The van der Waals surface area contributed by atoms with Crippen LogP contribution in [0.2, 0.25) is 0 Å². The van der Waals surface area contributed by atoms with Crippen molar-refractivity contribution < 1.29 is 9.52 Å². The lowest BCUT2D eigenvalue weighted by atomic mass is 10.2. The van der Waals surface area contributed by atoms with E-state index in [1.165, 1.54) is 0 Å². The number of nitrogens with zero attached hydrogens (tertiary/aromatic N) is 3. The summed E-state index contributed by atoms with van der Waals surface area (Å²) >= 11 is 0. The number of aliphatic hydroxyl groups excluding tert-OH is 1. The van der Waals surface area contributed by atoms with E-state index in [0.717, 1.165) is 5.56 Å². The van der Waals surface area contributed by atoms with Gasteiger partial charge in [0.2, 0.25) is 0 Å². The molecule has 2 heterocycles. The second kappa shape index (κ2) is 4.66. The minimum absolute atomic E-state index is 0.174. The van der Waals surface area contributed by atoms with Crippen molar-refractivity contribution >= 4 is 11.0 Å². The van der Waals surface area contributed by atoms with E-state index in [-0.39, 0.29) is 17.9 Å². The average molecular weight is 257 g/mol. The van der Waals surface area contributed by atoms with Gasteiger partial charge in [0.05, 0.1) is 6.54 Å². The Morgan fingerprint density at radius 2 is 2.05 bits per heavy atom. The third-order valence-corrected chi connectivity index (χ3v) is 2.82. The molecule has 0 aliphatic carbocycles. The summed E-state index contributed by atoms with van der Waals surface area (Å²) in [5.74, 6) is 0.203. The van der Waals surface area contributed by atoms with Gasteiger partial charge in [-0.05, 0) is 5.56 Å². The first-order valence-corrected chi connectivity index (χ1v) is 5.79. The molecule has 0 aliphatic heterocycles. The first-order valence-electron chi connectivity index (χ1n) is 5.79. The van der Waals surface area contributed by atoms with Gasteiger partial charge < -0.3 is 9.52 Å². The molecule has 0 fully saturated rings. The van der Waals surface area contributed by atoms with Crippen molar-refractivity contribution in [2.24, 2.45) is 0 Å². The standard InChI is InChI=1S/C13H11N3O3/c17-8-10-6-11-12(13(18)19-10)14-15-16(11)7-9-4-2-1-3-5-9/h1-6,17H,7-8H2. The van der Waals surface area contributed by atoms with Gasteiger partial charge in [0.15, 0.2) is 5.52 Å². The summed E-state index contributed by atoms with van der Waals surface area (Å²) in [6.45, 7) is 0.174. The van der Waals surface area contributed by atoms with Crippen LogP contribution in [0.4, 0.5) is 0 Å². The molecule has 2 aromatic heterocycles. The zero-order valence-corrected chi connectivity index (χ0v) is 9.98. The summed E-state index contributed by atoms with van der Waals surface area (Å²) < 4.78 is 6.49. The molecule has 6 nitrogen and oxygen atoms in total. The zero-order valence-electron chi connectivity index (χ0n) is 9.98. The number of hydrogen-bond acceptors (Lipinski definition) is 5. The molecule has 0 saturated heterocycles. The van der Waals surface area contributed by atoms with Crippen molar-refractivity contribution in [3.63, 3.8) is 0 Å². The lowest BCUT2D eigenvalue weighted by Crippen LogP contribution is -2.05. The topological polar surface area (TPSA) is 81.2 Å². The molecule has 0 amide bonds. The number of aliphatic hydroxyl groups is 1. The maximum Gasteiger partial charge on any atom is 0.366 e. The smallest absolute Gasteiger partial charge is 0.366 e. The van der Waals surface area contributed by atoms with E-state index in [0.29, 0.717) is 12.1 Å². The number of fused-ring (bicyclic) bond motifs is 1. The molecule has 0 atom stereocenters. The maximum atomic E-state index is 11.6. The van der Waals surface area contributed by atoms with E-state index in [2.05, 4.69) is 10.3 Å². The van der Waals surface area contributed by atoms with E-state index in [1.54, 1.807) is 10.7 Å². The molecule has 96 valence electrons. The van der Waals surface area contributed by atoms with Crippen LogP contribution in [-0.2, 0) is 13.2 Å². The predicted molar refractivity (Wildman–Crippen MR) is 67.5 cm³/mol.